The van der Waals surface area contributed by atoms with Crippen molar-refractivity contribution >= 4 is 5.97 Å². The van der Waals surface area contributed by atoms with E-state index in [0.717, 1.165) is 55.6 Å². The molecule has 4 rings (SSSR count). The lowest BCUT2D eigenvalue weighted by atomic mass is 9.87. The van der Waals surface area contributed by atoms with E-state index < -0.39 is 17.7 Å². The lowest BCUT2D eigenvalue weighted by Crippen LogP contribution is -2.34. The minimum atomic E-state index is -4.45. The fraction of sp³-hybridized carbons (Fsp3) is 0.296. The van der Waals surface area contributed by atoms with Crippen molar-refractivity contribution in [1.82, 2.24) is 4.90 Å². The third kappa shape index (κ3) is 5.47. The molecule has 1 aliphatic rings. The number of hydrogen-bond acceptors (Lipinski definition) is 2. The second-order valence-corrected chi connectivity index (χ2v) is 8.62. The molecule has 7 heteroatoms. The van der Waals surface area contributed by atoms with E-state index in [2.05, 4.69) is 4.90 Å². The zero-order chi connectivity index (χ0) is 24.3. The Morgan fingerprint density at radius 3 is 2.15 bits per heavy atom. The number of carboxylic acids is 1. The normalized spacial score (nSPS) is 15.8. The van der Waals surface area contributed by atoms with Crippen LogP contribution in [0.4, 0.5) is 17.6 Å². The Bertz CT molecular complexity index is 1130. The molecule has 3 aromatic rings. The molecule has 0 bridgehead atoms. The average molecular weight is 471 g/mol. The number of piperidine rings is 1. The first-order valence-corrected chi connectivity index (χ1v) is 11.2. The Kier molecular flexibility index (Phi) is 7.03. The lowest BCUT2D eigenvalue weighted by Gasteiger charge is -2.36. The first-order chi connectivity index (χ1) is 16.2. The Labute approximate surface area is 195 Å². The lowest BCUT2D eigenvalue weighted by molar-refractivity contribution is -0.138. The molecule has 1 N–H and O–H groups in total. The topological polar surface area (TPSA) is 40.5 Å². The van der Waals surface area contributed by atoms with E-state index in [1.54, 1.807) is 24.3 Å². The van der Waals surface area contributed by atoms with Crippen LogP contribution in [-0.4, -0.2) is 29.1 Å². The molecule has 0 spiro atoms. The van der Waals surface area contributed by atoms with Crippen molar-refractivity contribution < 1.29 is 27.5 Å². The molecule has 1 unspecified atom stereocenters. The Balaban J connectivity index is 1.86. The van der Waals surface area contributed by atoms with Gasteiger partial charge in [0, 0.05) is 0 Å². The molecule has 0 radical (unpaired) electrons. The third-order valence-corrected chi connectivity index (χ3v) is 6.23. The van der Waals surface area contributed by atoms with Gasteiger partial charge in [-0.2, -0.15) is 13.2 Å². The van der Waals surface area contributed by atoms with Gasteiger partial charge in [0.1, 0.15) is 5.82 Å². The molecule has 1 atom stereocenters. The number of aliphatic carboxylic acids is 1. The van der Waals surface area contributed by atoms with Gasteiger partial charge < -0.3 is 5.11 Å². The molecule has 0 saturated carbocycles. The summed E-state index contributed by atoms with van der Waals surface area (Å²) in [5, 5.41) is 9.27. The van der Waals surface area contributed by atoms with E-state index in [-0.39, 0.29) is 18.3 Å². The van der Waals surface area contributed by atoms with Gasteiger partial charge >= 0.3 is 12.1 Å². The number of rotatable bonds is 6. The number of benzene rings is 3. The number of carboxylic acid groups (broad SMARTS) is 1. The quantitative estimate of drug-likeness (QED) is 0.406. The van der Waals surface area contributed by atoms with Gasteiger partial charge in [0.05, 0.1) is 18.0 Å². The van der Waals surface area contributed by atoms with Crippen molar-refractivity contribution in [2.75, 3.05) is 13.1 Å². The van der Waals surface area contributed by atoms with Gasteiger partial charge in [0.15, 0.2) is 0 Å². The monoisotopic (exact) mass is 471 g/mol. The number of likely N-dealkylation sites (tertiary alicyclic amines) is 1. The molecule has 34 heavy (non-hydrogen) atoms. The van der Waals surface area contributed by atoms with Crippen LogP contribution in [0.5, 0.6) is 0 Å². The van der Waals surface area contributed by atoms with Crippen molar-refractivity contribution in [2.45, 2.75) is 37.9 Å². The molecule has 0 amide bonds. The highest BCUT2D eigenvalue weighted by Crippen LogP contribution is 2.39. The van der Waals surface area contributed by atoms with Crippen LogP contribution in [0.3, 0.4) is 0 Å². The maximum Gasteiger partial charge on any atom is 0.416 e. The Morgan fingerprint density at radius 1 is 0.912 bits per heavy atom. The standard InChI is InChI=1S/C27H25F4NO2/c28-22-11-7-20(8-12-22)26(32-14-2-1-3-15-32)23-13-4-18(17-25(33)34)16-24(23)19-5-9-21(10-6-19)27(29,30)31/h4-13,16,26H,1-3,14-15,17H2,(H,33,34). The zero-order valence-electron chi connectivity index (χ0n) is 18.5. The molecule has 1 saturated heterocycles. The minimum Gasteiger partial charge on any atom is -0.481 e. The first kappa shape index (κ1) is 24.0. The minimum absolute atomic E-state index is 0.196. The second kappa shape index (κ2) is 9.97. The maximum atomic E-state index is 13.7. The predicted molar refractivity (Wildman–Crippen MR) is 122 cm³/mol. The van der Waals surface area contributed by atoms with Crippen molar-refractivity contribution in [3.8, 4) is 11.1 Å². The van der Waals surface area contributed by atoms with Gasteiger partial charge in [-0.05, 0) is 78.0 Å². The van der Waals surface area contributed by atoms with Gasteiger partial charge in [-0.25, -0.2) is 4.39 Å². The largest absolute Gasteiger partial charge is 0.481 e. The van der Waals surface area contributed by atoms with Gasteiger partial charge in [0.25, 0.3) is 0 Å². The highest BCUT2D eigenvalue weighted by Gasteiger charge is 2.31. The van der Waals surface area contributed by atoms with E-state index in [1.807, 2.05) is 6.07 Å². The molecule has 3 nitrogen and oxygen atoms in total. The molecular formula is C27H25F4NO2. The smallest absolute Gasteiger partial charge is 0.416 e. The summed E-state index contributed by atoms with van der Waals surface area (Å²) in [6, 6.07) is 16.3. The van der Waals surface area contributed by atoms with E-state index >= 15 is 0 Å². The van der Waals surface area contributed by atoms with Crippen molar-refractivity contribution in [3.05, 3.63) is 94.8 Å². The zero-order valence-corrected chi connectivity index (χ0v) is 18.5. The highest BCUT2D eigenvalue weighted by molar-refractivity contribution is 5.74. The van der Waals surface area contributed by atoms with Crippen molar-refractivity contribution in [3.63, 3.8) is 0 Å². The van der Waals surface area contributed by atoms with E-state index in [1.165, 1.54) is 24.3 Å². The van der Waals surface area contributed by atoms with E-state index in [0.29, 0.717) is 16.7 Å². The van der Waals surface area contributed by atoms with Crippen LogP contribution in [0.15, 0.2) is 66.7 Å². The summed E-state index contributed by atoms with van der Waals surface area (Å²) in [6.45, 7) is 1.68. The second-order valence-electron chi connectivity index (χ2n) is 8.62. The number of halogens is 4. The number of nitrogens with zero attached hydrogens (tertiary/aromatic N) is 1. The molecule has 178 valence electrons. The molecule has 3 aromatic carbocycles. The van der Waals surface area contributed by atoms with E-state index in [9.17, 15) is 27.5 Å². The maximum absolute atomic E-state index is 13.7. The SMILES string of the molecule is O=C(O)Cc1ccc(C(c2ccc(F)cc2)N2CCCCC2)c(-c2ccc(C(F)(F)F)cc2)c1. The van der Waals surface area contributed by atoms with E-state index in [4.69, 9.17) is 0 Å². The Morgan fingerprint density at radius 2 is 1.56 bits per heavy atom. The Hall–Kier alpha value is -3.19. The summed E-state index contributed by atoms with van der Waals surface area (Å²) in [6.07, 6.45) is -1.49. The van der Waals surface area contributed by atoms with Crippen LogP contribution < -0.4 is 0 Å². The van der Waals surface area contributed by atoms with Gasteiger partial charge in [-0.1, -0.05) is 48.9 Å². The number of carbonyl (C=O) groups is 1. The molecule has 1 heterocycles. The molecule has 1 aliphatic heterocycles. The molecule has 0 aliphatic carbocycles. The van der Waals surface area contributed by atoms with Gasteiger partial charge in [-0.15, -0.1) is 0 Å². The van der Waals surface area contributed by atoms with Crippen LogP contribution in [0.25, 0.3) is 11.1 Å². The van der Waals surface area contributed by atoms with Crippen LogP contribution in [0.2, 0.25) is 0 Å². The van der Waals surface area contributed by atoms with Crippen molar-refractivity contribution in [1.29, 1.82) is 0 Å². The summed E-state index contributed by atoms with van der Waals surface area (Å²) in [5.41, 5.74) is 2.78. The van der Waals surface area contributed by atoms with Crippen LogP contribution in [0, 0.1) is 5.82 Å². The van der Waals surface area contributed by atoms with Crippen LogP contribution in [0.1, 0.15) is 47.6 Å². The molecular weight excluding hydrogens is 446 g/mol. The first-order valence-electron chi connectivity index (χ1n) is 11.2. The summed E-state index contributed by atoms with van der Waals surface area (Å²) in [5.74, 6) is -1.34. The fourth-order valence-corrected chi connectivity index (χ4v) is 4.62. The third-order valence-electron chi connectivity index (χ3n) is 6.23. The summed E-state index contributed by atoms with van der Waals surface area (Å²) >= 11 is 0. The van der Waals surface area contributed by atoms with Gasteiger partial charge in [0.2, 0.25) is 0 Å². The molecule has 0 aromatic heterocycles. The highest BCUT2D eigenvalue weighted by atomic mass is 19.4. The number of alkyl halides is 3. The summed E-state index contributed by atoms with van der Waals surface area (Å²) in [4.78, 5) is 13.6. The van der Waals surface area contributed by atoms with Crippen LogP contribution in [-0.2, 0) is 17.4 Å². The summed E-state index contributed by atoms with van der Waals surface area (Å²) < 4.78 is 53.1. The fourth-order valence-electron chi connectivity index (χ4n) is 4.62. The van der Waals surface area contributed by atoms with Crippen molar-refractivity contribution in [2.24, 2.45) is 0 Å². The number of hydrogen-bond donors (Lipinski definition) is 1. The van der Waals surface area contributed by atoms with Gasteiger partial charge in [-0.3, -0.25) is 9.69 Å². The average Bonchev–Trinajstić information content (AvgIpc) is 2.81. The molecule has 1 fully saturated rings. The summed E-state index contributed by atoms with van der Waals surface area (Å²) in [7, 11) is 0. The predicted octanol–water partition coefficient (Wildman–Crippen LogP) is 6.71. The van der Waals surface area contributed by atoms with Crippen LogP contribution >= 0.6 is 0 Å².